The fourth-order valence-corrected chi connectivity index (χ4v) is 2.28. The second kappa shape index (κ2) is 7.34. The lowest BCUT2D eigenvalue weighted by Gasteiger charge is -2.44. The van der Waals surface area contributed by atoms with E-state index in [1.165, 1.54) is 12.8 Å². The first-order valence-electron chi connectivity index (χ1n) is 7.12. The number of hydrogen-bond donors (Lipinski definition) is 1. The molecule has 0 spiro atoms. The molecule has 0 radical (unpaired) electrons. The van der Waals surface area contributed by atoms with Gasteiger partial charge in [-0.25, -0.2) is 0 Å². The van der Waals surface area contributed by atoms with Crippen LogP contribution in [0.15, 0.2) is 0 Å². The predicted octanol–water partition coefficient (Wildman–Crippen LogP) is 2.12. The summed E-state index contributed by atoms with van der Waals surface area (Å²) in [5, 5.41) is 3.49. The Labute approximate surface area is 107 Å². The summed E-state index contributed by atoms with van der Waals surface area (Å²) in [6.45, 7) is 15.3. The molecule has 0 amide bonds. The van der Waals surface area contributed by atoms with Gasteiger partial charge in [0.1, 0.15) is 0 Å². The predicted molar refractivity (Wildman–Crippen MR) is 73.4 cm³/mol. The van der Waals surface area contributed by atoms with Crippen LogP contribution in [0.1, 0.15) is 40.5 Å². The molecular weight excluding hydrogens is 212 g/mol. The lowest BCUT2D eigenvalue weighted by atomic mass is 9.94. The summed E-state index contributed by atoms with van der Waals surface area (Å²) >= 11 is 0. The quantitative estimate of drug-likeness (QED) is 0.692. The molecule has 1 heterocycles. The molecule has 1 fully saturated rings. The minimum absolute atomic E-state index is 0.319. The van der Waals surface area contributed by atoms with Crippen LogP contribution in [0.3, 0.4) is 0 Å². The number of hydrogen-bond acceptors (Lipinski definition) is 3. The number of ether oxygens (including phenoxy) is 1. The van der Waals surface area contributed by atoms with Gasteiger partial charge in [0.25, 0.3) is 0 Å². The zero-order valence-corrected chi connectivity index (χ0v) is 12.1. The number of rotatable bonds is 7. The molecule has 1 atom stereocenters. The molecule has 0 aromatic rings. The van der Waals surface area contributed by atoms with E-state index in [1.54, 1.807) is 0 Å². The van der Waals surface area contributed by atoms with Crippen LogP contribution in [-0.2, 0) is 4.74 Å². The molecule has 1 rings (SSSR count). The van der Waals surface area contributed by atoms with Crippen molar-refractivity contribution in [2.24, 2.45) is 5.92 Å². The van der Waals surface area contributed by atoms with E-state index in [0.29, 0.717) is 5.54 Å². The van der Waals surface area contributed by atoms with Crippen LogP contribution in [0.4, 0.5) is 0 Å². The van der Waals surface area contributed by atoms with Gasteiger partial charge in [-0.05, 0) is 25.7 Å². The minimum atomic E-state index is 0.319. The summed E-state index contributed by atoms with van der Waals surface area (Å²) in [5.41, 5.74) is 0.319. The van der Waals surface area contributed by atoms with Gasteiger partial charge in [-0.3, -0.25) is 4.90 Å². The number of nitrogens with one attached hydrogen (secondary N) is 1. The smallest absolute Gasteiger partial charge is 0.0593 e. The third-order valence-electron chi connectivity index (χ3n) is 3.93. The molecule has 3 heteroatoms. The van der Waals surface area contributed by atoms with Crippen molar-refractivity contribution in [3.63, 3.8) is 0 Å². The Hall–Kier alpha value is -0.120. The average molecular weight is 242 g/mol. The fraction of sp³-hybridized carbons (Fsp3) is 1.00. The first-order valence-corrected chi connectivity index (χ1v) is 7.12. The molecular formula is C14H30N2O. The molecule has 0 saturated carbocycles. The largest absolute Gasteiger partial charge is 0.380 e. The zero-order chi connectivity index (χ0) is 12.7. The van der Waals surface area contributed by atoms with Gasteiger partial charge in [0.05, 0.1) is 6.61 Å². The average Bonchev–Trinajstić information content (AvgIpc) is 2.30. The van der Waals surface area contributed by atoms with Gasteiger partial charge in [0, 0.05) is 38.3 Å². The Morgan fingerprint density at radius 1 is 1.35 bits per heavy atom. The van der Waals surface area contributed by atoms with Gasteiger partial charge in [0.2, 0.25) is 0 Å². The maximum Gasteiger partial charge on any atom is 0.0593 e. The zero-order valence-electron chi connectivity index (χ0n) is 12.1. The highest BCUT2D eigenvalue weighted by molar-refractivity contribution is 4.91. The Balaban J connectivity index is 2.20. The summed E-state index contributed by atoms with van der Waals surface area (Å²) in [5.74, 6) is 0.745. The van der Waals surface area contributed by atoms with Crippen molar-refractivity contribution < 1.29 is 4.74 Å². The van der Waals surface area contributed by atoms with Crippen molar-refractivity contribution in [3.05, 3.63) is 0 Å². The lowest BCUT2D eigenvalue weighted by molar-refractivity contribution is 0.0296. The maximum atomic E-state index is 5.72. The maximum absolute atomic E-state index is 5.72. The summed E-state index contributed by atoms with van der Waals surface area (Å²) < 4.78 is 5.72. The van der Waals surface area contributed by atoms with Gasteiger partial charge in [-0.1, -0.05) is 20.8 Å². The van der Waals surface area contributed by atoms with E-state index in [2.05, 4.69) is 37.9 Å². The Bertz CT molecular complexity index is 208. The van der Waals surface area contributed by atoms with E-state index >= 15 is 0 Å². The summed E-state index contributed by atoms with van der Waals surface area (Å²) in [6.07, 6.45) is 2.37. The highest BCUT2D eigenvalue weighted by Gasteiger charge is 2.31. The topological polar surface area (TPSA) is 24.5 Å². The van der Waals surface area contributed by atoms with E-state index in [1.807, 2.05) is 0 Å². The molecule has 1 unspecified atom stereocenters. The third-order valence-corrected chi connectivity index (χ3v) is 3.93. The molecule has 0 aliphatic carbocycles. The van der Waals surface area contributed by atoms with E-state index < -0.39 is 0 Å². The minimum Gasteiger partial charge on any atom is -0.380 e. The van der Waals surface area contributed by atoms with Gasteiger partial charge >= 0.3 is 0 Å². The highest BCUT2D eigenvalue weighted by Crippen LogP contribution is 2.20. The standard InChI is InChI=1S/C14H30N2O/c1-5-14(4)12-15-7-8-16(14)9-11-17-10-6-13(2)3/h13,15H,5-12H2,1-4H3. The van der Waals surface area contributed by atoms with E-state index in [4.69, 9.17) is 4.74 Å². The first kappa shape index (κ1) is 14.9. The summed E-state index contributed by atoms with van der Waals surface area (Å²) in [7, 11) is 0. The third kappa shape index (κ3) is 4.94. The Kier molecular flexibility index (Phi) is 6.45. The normalized spacial score (nSPS) is 26.6. The molecule has 0 aromatic carbocycles. The van der Waals surface area contributed by atoms with Crippen LogP contribution >= 0.6 is 0 Å². The van der Waals surface area contributed by atoms with Crippen molar-refractivity contribution >= 4 is 0 Å². The van der Waals surface area contributed by atoms with Gasteiger partial charge in [-0.2, -0.15) is 0 Å². The molecule has 1 N–H and O–H groups in total. The van der Waals surface area contributed by atoms with E-state index in [0.717, 1.165) is 45.3 Å². The van der Waals surface area contributed by atoms with Crippen LogP contribution in [-0.4, -0.2) is 49.8 Å². The lowest BCUT2D eigenvalue weighted by Crippen LogP contribution is -2.59. The molecule has 0 bridgehead atoms. The van der Waals surface area contributed by atoms with E-state index in [-0.39, 0.29) is 0 Å². The van der Waals surface area contributed by atoms with Crippen molar-refractivity contribution in [1.82, 2.24) is 10.2 Å². The van der Waals surface area contributed by atoms with Gasteiger partial charge < -0.3 is 10.1 Å². The fourth-order valence-electron chi connectivity index (χ4n) is 2.28. The van der Waals surface area contributed by atoms with Crippen molar-refractivity contribution in [2.45, 2.75) is 46.1 Å². The van der Waals surface area contributed by atoms with Crippen molar-refractivity contribution in [3.8, 4) is 0 Å². The Morgan fingerprint density at radius 3 is 2.76 bits per heavy atom. The van der Waals surface area contributed by atoms with Crippen LogP contribution in [0, 0.1) is 5.92 Å². The van der Waals surface area contributed by atoms with Crippen LogP contribution in [0.2, 0.25) is 0 Å². The summed E-state index contributed by atoms with van der Waals surface area (Å²) in [6, 6.07) is 0. The van der Waals surface area contributed by atoms with Crippen LogP contribution in [0.25, 0.3) is 0 Å². The highest BCUT2D eigenvalue weighted by atomic mass is 16.5. The second-order valence-electron chi connectivity index (χ2n) is 5.81. The van der Waals surface area contributed by atoms with Crippen molar-refractivity contribution in [1.29, 1.82) is 0 Å². The molecule has 102 valence electrons. The van der Waals surface area contributed by atoms with Crippen LogP contribution in [0.5, 0.6) is 0 Å². The number of nitrogens with zero attached hydrogens (tertiary/aromatic N) is 1. The van der Waals surface area contributed by atoms with Crippen molar-refractivity contribution in [2.75, 3.05) is 39.4 Å². The monoisotopic (exact) mass is 242 g/mol. The van der Waals surface area contributed by atoms with Gasteiger partial charge in [-0.15, -0.1) is 0 Å². The van der Waals surface area contributed by atoms with Gasteiger partial charge in [0.15, 0.2) is 0 Å². The second-order valence-corrected chi connectivity index (χ2v) is 5.81. The summed E-state index contributed by atoms with van der Waals surface area (Å²) in [4.78, 5) is 2.58. The molecule has 0 aromatic heterocycles. The molecule has 1 saturated heterocycles. The van der Waals surface area contributed by atoms with E-state index in [9.17, 15) is 0 Å². The Morgan fingerprint density at radius 2 is 2.12 bits per heavy atom. The molecule has 3 nitrogen and oxygen atoms in total. The molecule has 17 heavy (non-hydrogen) atoms. The first-order chi connectivity index (χ1) is 8.08. The molecule has 1 aliphatic rings. The van der Waals surface area contributed by atoms with Crippen LogP contribution < -0.4 is 5.32 Å². The molecule has 1 aliphatic heterocycles. The SMILES string of the molecule is CCC1(C)CNCCN1CCOCCC(C)C. The number of piperazine rings is 1.